The molecule has 0 spiro atoms. The first-order chi connectivity index (χ1) is 12.0. The fourth-order valence-corrected chi connectivity index (χ4v) is 3.41. The second-order valence-electron chi connectivity index (χ2n) is 6.59. The van der Waals surface area contributed by atoms with Gasteiger partial charge < -0.3 is 26.1 Å². The molecule has 0 radical (unpaired) electrons. The minimum atomic E-state index is -0.698. The zero-order valence-corrected chi connectivity index (χ0v) is 14.6. The van der Waals surface area contributed by atoms with Crippen molar-refractivity contribution in [3.05, 3.63) is 35.4 Å². The van der Waals surface area contributed by atoms with E-state index < -0.39 is 6.10 Å². The minimum Gasteiger partial charge on any atom is -0.466 e. The van der Waals surface area contributed by atoms with Crippen LogP contribution in [0.5, 0.6) is 0 Å². The van der Waals surface area contributed by atoms with E-state index in [-0.39, 0.29) is 17.2 Å². The van der Waals surface area contributed by atoms with Gasteiger partial charge in [0.1, 0.15) is 0 Å². The molecule has 1 aliphatic rings. The molecule has 7 heteroatoms. The van der Waals surface area contributed by atoms with Gasteiger partial charge in [-0.2, -0.15) is 0 Å². The van der Waals surface area contributed by atoms with E-state index in [1.165, 1.54) is 0 Å². The van der Waals surface area contributed by atoms with Crippen LogP contribution in [-0.4, -0.2) is 41.8 Å². The Morgan fingerprint density at radius 1 is 1.44 bits per heavy atom. The Bertz CT molecular complexity index is 595. The van der Waals surface area contributed by atoms with Gasteiger partial charge in [-0.3, -0.25) is 4.79 Å². The Hall–Kier alpha value is -2.12. The van der Waals surface area contributed by atoms with Crippen molar-refractivity contribution >= 4 is 11.8 Å². The van der Waals surface area contributed by atoms with Gasteiger partial charge in [0.2, 0.25) is 0 Å². The molecule has 0 bridgehead atoms. The maximum Gasteiger partial charge on any atom is 0.306 e. The van der Waals surface area contributed by atoms with Crippen molar-refractivity contribution < 1.29 is 19.8 Å². The number of rotatable bonds is 7. The summed E-state index contributed by atoms with van der Waals surface area (Å²) in [6, 6.07) is 6.91. The average Bonchev–Trinajstić information content (AvgIpc) is 2.62. The van der Waals surface area contributed by atoms with Crippen LogP contribution < -0.4 is 11.1 Å². The lowest BCUT2D eigenvalue weighted by Gasteiger charge is -2.38. The first-order valence-corrected chi connectivity index (χ1v) is 8.62. The lowest BCUT2D eigenvalue weighted by molar-refractivity contribution is -0.146. The number of amidine groups is 1. The molecule has 7 nitrogen and oxygen atoms in total. The van der Waals surface area contributed by atoms with Crippen LogP contribution in [0.1, 0.15) is 49.8 Å². The van der Waals surface area contributed by atoms with Crippen LogP contribution in [0.2, 0.25) is 0 Å². The molecule has 2 rings (SSSR count). The number of hydrogen-bond acceptors (Lipinski definition) is 6. The molecule has 1 heterocycles. The number of nitrogens with two attached hydrogens (primary N) is 1. The van der Waals surface area contributed by atoms with Crippen molar-refractivity contribution in [2.45, 2.75) is 38.7 Å². The molecule has 5 N–H and O–H groups in total. The van der Waals surface area contributed by atoms with Gasteiger partial charge in [0.25, 0.3) is 0 Å². The monoisotopic (exact) mass is 349 g/mol. The molecule has 1 aromatic rings. The third-order valence-corrected chi connectivity index (χ3v) is 4.71. The predicted molar refractivity (Wildman–Crippen MR) is 94.3 cm³/mol. The van der Waals surface area contributed by atoms with Crippen LogP contribution in [-0.2, 0) is 9.53 Å². The van der Waals surface area contributed by atoms with E-state index in [4.69, 9.17) is 15.7 Å². The summed E-state index contributed by atoms with van der Waals surface area (Å²) in [7, 11) is 0. The quantitative estimate of drug-likeness (QED) is 0.195. The Labute approximate surface area is 147 Å². The first kappa shape index (κ1) is 19.2. The number of esters is 1. The molecule has 138 valence electrons. The van der Waals surface area contributed by atoms with E-state index in [2.05, 4.69) is 10.5 Å². The molecular formula is C18H27N3O4. The van der Waals surface area contributed by atoms with Crippen LogP contribution >= 0.6 is 0 Å². The highest BCUT2D eigenvalue weighted by Crippen LogP contribution is 2.39. The van der Waals surface area contributed by atoms with Crippen LogP contribution in [0.15, 0.2) is 29.4 Å². The molecule has 25 heavy (non-hydrogen) atoms. The molecule has 0 aliphatic carbocycles. The summed E-state index contributed by atoms with van der Waals surface area (Å²) >= 11 is 0. The van der Waals surface area contributed by atoms with Crippen molar-refractivity contribution in [1.82, 2.24) is 5.32 Å². The van der Waals surface area contributed by atoms with Crippen molar-refractivity contribution in [1.29, 1.82) is 0 Å². The SMILES string of the molecule is CCOC(=O)C[C@]1(CC(O)c2ccc(C(N)=NO)cc2)CCCNC1. The number of oxime groups is 1. The maximum atomic E-state index is 12.0. The summed E-state index contributed by atoms with van der Waals surface area (Å²) in [5.74, 6) is -0.197. The number of aliphatic hydroxyl groups is 1. The zero-order valence-electron chi connectivity index (χ0n) is 14.6. The van der Waals surface area contributed by atoms with Gasteiger partial charge in [0.15, 0.2) is 5.84 Å². The minimum absolute atomic E-state index is 0.0244. The topological polar surface area (TPSA) is 117 Å². The highest BCUT2D eigenvalue weighted by Gasteiger charge is 2.37. The summed E-state index contributed by atoms with van der Waals surface area (Å²) < 4.78 is 5.11. The van der Waals surface area contributed by atoms with Crippen molar-refractivity contribution in [3.63, 3.8) is 0 Å². The Kier molecular flexibility index (Phi) is 6.78. The normalized spacial score (nSPS) is 22.4. The van der Waals surface area contributed by atoms with E-state index in [1.54, 1.807) is 31.2 Å². The van der Waals surface area contributed by atoms with Gasteiger partial charge in [0, 0.05) is 12.1 Å². The van der Waals surface area contributed by atoms with E-state index in [0.29, 0.717) is 31.6 Å². The molecule has 1 aromatic carbocycles. The van der Waals surface area contributed by atoms with Crippen LogP contribution in [0.4, 0.5) is 0 Å². The molecule has 1 aliphatic heterocycles. The predicted octanol–water partition coefficient (Wildman–Crippen LogP) is 1.53. The number of ether oxygens (including phenoxy) is 1. The smallest absolute Gasteiger partial charge is 0.306 e. The summed E-state index contributed by atoms with van der Waals surface area (Å²) in [4.78, 5) is 12.0. The molecule has 0 saturated carbocycles. The van der Waals surface area contributed by atoms with Gasteiger partial charge in [-0.05, 0) is 43.7 Å². The van der Waals surface area contributed by atoms with Gasteiger partial charge >= 0.3 is 5.97 Å². The van der Waals surface area contributed by atoms with Crippen LogP contribution in [0, 0.1) is 5.41 Å². The number of benzene rings is 1. The first-order valence-electron chi connectivity index (χ1n) is 8.62. The number of nitrogens with one attached hydrogen (secondary N) is 1. The van der Waals surface area contributed by atoms with Crippen LogP contribution in [0.25, 0.3) is 0 Å². The van der Waals surface area contributed by atoms with E-state index >= 15 is 0 Å². The molecule has 1 saturated heterocycles. The fraction of sp³-hybridized carbons (Fsp3) is 0.556. The molecule has 1 fully saturated rings. The largest absolute Gasteiger partial charge is 0.466 e. The maximum absolute atomic E-state index is 12.0. The number of carbonyl (C=O) groups is 1. The van der Waals surface area contributed by atoms with Crippen molar-refractivity contribution in [3.8, 4) is 0 Å². The number of nitrogens with zero attached hydrogens (tertiary/aromatic N) is 1. The van der Waals surface area contributed by atoms with E-state index in [1.807, 2.05) is 0 Å². The van der Waals surface area contributed by atoms with Crippen molar-refractivity contribution in [2.24, 2.45) is 16.3 Å². The third-order valence-electron chi connectivity index (χ3n) is 4.71. The second kappa shape index (κ2) is 8.82. The lowest BCUT2D eigenvalue weighted by atomic mass is 9.73. The summed E-state index contributed by atoms with van der Waals surface area (Å²) in [6.07, 6.45) is 1.91. The average molecular weight is 349 g/mol. The Balaban J connectivity index is 2.10. The number of carbonyl (C=O) groups excluding carboxylic acids is 1. The summed E-state index contributed by atoms with van der Waals surface area (Å²) in [6.45, 7) is 3.77. The molecule has 2 atom stereocenters. The zero-order chi connectivity index (χ0) is 18.3. The van der Waals surface area contributed by atoms with Gasteiger partial charge in [-0.25, -0.2) is 0 Å². The molecule has 0 aromatic heterocycles. The van der Waals surface area contributed by atoms with Crippen molar-refractivity contribution in [2.75, 3.05) is 19.7 Å². The summed E-state index contributed by atoms with van der Waals surface area (Å²) in [5.41, 5.74) is 6.56. The fourth-order valence-electron chi connectivity index (χ4n) is 3.41. The number of aliphatic hydroxyl groups excluding tert-OH is 1. The Morgan fingerprint density at radius 2 is 2.16 bits per heavy atom. The number of piperidine rings is 1. The van der Waals surface area contributed by atoms with E-state index in [0.717, 1.165) is 24.9 Å². The molecule has 1 unspecified atom stereocenters. The highest BCUT2D eigenvalue weighted by molar-refractivity contribution is 5.96. The number of hydrogen-bond donors (Lipinski definition) is 4. The highest BCUT2D eigenvalue weighted by atomic mass is 16.5. The summed E-state index contributed by atoms with van der Waals surface area (Å²) in [5, 5.41) is 25.7. The van der Waals surface area contributed by atoms with Gasteiger partial charge in [-0.15, -0.1) is 0 Å². The lowest BCUT2D eigenvalue weighted by Crippen LogP contribution is -2.42. The second-order valence-corrected chi connectivity index (χ2v) is 6.59. The van der Waals surface area contributed by atoms with Gasteiger partial charge in [0.05, 0.1) is 19.1 Å². The molecular weight excluding hydrogens is 322 g/mol. The molecule has 0 amide bonds. The standard InChI is InChI=1S/C18H27N3O4/c1-2-25-16(23)11-18(8-3-9-20-12-18)10-15(22)13-4-6-14(7-5-13)17(19)21-24/h4-7,15,20,22,24H,2-3,8-12H2,1H3,(H2,19,21)/t15?,18-/m1/s1. The Morgan fingerprint density at radius 3 is 2.72 bits per heavy atom. The van der Waals surface area contributed by atoms with E-state index in [9.17, 15) is 9.90 Å². The third kappa shape index (κ3) is 5.17. The van der Waals surface area contributed by atoms with Gasteiger partial charge in [-0.1, -0.05) is 29.4 Å². The van der Waals surface area contributed by atoms with Crippen LogP contribution in [0.3, 0.4) is 0 Å².